The molecule has 3 heteroatoms. The second-order valence-corrected chi connectivity index (χ2v) is 14.0. The fourth-order valence-corrected chi connectivity index (χ4v) is 8.34. The Morgan fingerprint density at radius 1 is 0.309 bits per heavy atom. The van der Waals surface area contributed by atoms with Crippen LogP contribution < -0.4 is 0 Å². The first-order valence-corrected chi connectivity index (χ1v) is 18.7. The lowest BCUT2D eigenvalue weighted by molar-refractivity contribution is 0.769. The summed E-state index contributed by atoms with van der Waals surface area (Å²) in [4.78, 5) is 14.5. The maximum atomic E-state index is 5.22. The monoisotopic (exact) mass is 701 g/mol. The van der Waals surface area contributed by atoms with Crippen LogP contribution in [0.5, 0.6) is 0 Å². The maximum Gasteiger partial charge on any atom is 0.160 e. The minimum atomic E-state index is -0.576. The molecule has 10 rings (SSSR count). The van der Waals surface area contributed by atoms with E-state index in [-0.39, 0.29) is 0 Å². The first-order chi connectivity index (χ1) is 27.3. The molecular formula is C52H35N3. The van der Waals surface area contributed by atoms with Crippen LogP contribution in [0.3, 0.4) is 0 Å². The average molecular weight is 702 g/mol. The van der Waals surface area contributed by atoms with E-state index in [2.05, 4.69) is 181 Å². The van der Waals surface area contributed by atoms with E-state index >= 15 is 0 Å². The van der Waals surface area contributed by atoms with Gasteiger partial charge in [0.05, 0.1) is 16.8 Å². The van der Waals surface area contributed by atoms with E-state index in [9.17, 15) is 0 Å². The molecule has 2 aromatic heterocycles. The molecular weight excluding hydrogens is 667 g/mol. The Balaban J connectivity index is 1.17. The summed E-state index contributed by atoms with van der Waals surface area (Å²) in [5.74, 6) is 0.705. The lowest BCUT2D eigenvalue weighted by Crippen LogP contribution is -2.28. The highest BCUT2D eigenvalue weighted by atomic mass is 14.9. The van der Waals surface area contributed by atoms with Crippen LogP contribution >= 0.6 is 0 Å². The summed E-state index contributed by atoms with van der Waals surface area (Å²) >= 11 is 0. The SMILES string of the molecule is c1ccc(-c2cc(-c3cccc(C4(c5cccc(-c6ccc(-c7ccncc7)cc6)c5)c5ccccc5-c5ccccc54)c3)nc(-c3ccccc3)n2)cc1. The number of benzene rings is 7. The quantitative estimate of drug-likeness (QED) is 0.166. The van der Waals surface area contributed by atoms with Crippen LogP contribution in [0.4, 0.5) is 0 Å². The molecule has 0 saturated heterocycles. The van der Waals surface area contributed by atoms with Gasteiger partial charge in [-0.2, -0.15) is 0 Å². The van der Waals surface area contributed by atoms with Crippen molar-refractivity contribution in [3.8, 4) is 67.3 Å². The lowest BCUT2D eigenvalue weighted by Gasteiger charge is -2.34. The van der Waals surface area contributed by atoms with E-state index in [0.717, 1.165) is 33.6 Å². The van der Waals surface area contributed by atoms with Gasteiger partial charge in [0.1, 0.15) is 0 Å². The van der Waals surface area contributed by atoms with Crippen molar-refractivity contribution in [3.63, 3.8) is 0 Å². The first-order valence-electron chi connectivity index (χ1n) is 18.7. The highest BCUT2D eigenvalue weighted by molar-refractivity contribution is 5.87. The lowest BCUT2D eigenvalue weighted by atomic mass is 9.67. The van der Waals surface area contributed by atoms with Crippen LogP contribution in [0.25, 0.3) is 67.3 Å². The first kappa shape index (κ1) is 32.4. The molecule has 0 aliphatic heterocycles. The number of rotatable bonds is 7. The van der Waals surface area contributed by atoms with E-state index in [1.54, 1.807) is 0 Å². The summed E-state index contributed by atoms with van der Waals surface area (Å²) in [5, 5.41) is 0. The summed E-state index contributed by atoms with van der Waals surface area (Å²) in [6.07, 6.45) is 3.68. The molecule has 0 amide bonds. The molecule has 0 atom stereocenters. The van der Waals surface area contributed by atoms with E-state index in [0.29, 0.717) is 5.82 Å². The normalized spacial score (nSPS) is 12.5. The van der Waals surface area contributed by atoms with Gasteiger partial charge in [0.15, 0.2) is 5.82 Å². The predicted molar refractivity (Wildman–Crippen MR) is 224 cm³/mol. The molecule has 0 N–H and O–H groups in total. The fraction of sp³-hybridized carbons (Fsp3) is 0.0192. The molecule has 0 radical (unpaired) electrons. The van der Waals surface area contributed by atoms with Gasteiger partial charge < -0.3 is 0 Å². The molecule has 7 aromatic carbocycles. The van der Waals surface area contributed by atoms with Crippen molar-refractivity contribution in [2.45, 2.75) is 5.41 Å². The molecule has 9 aromatic rings. The van der Waals surface area contributed by atoms with E-state index in [1.165, 1.54) is 50.1 Å². The molecule has 0 saturated carbocycles. The van der Waals surface area contributed by atoms with Crippen LogP contribution in [0.15, 0.2) is 213 Å². The molecule has 1 aliphatic carbocycles. The standard InChI is InChI=1S/C52H35N3/c1-3-13-39(14-4-1)49-35-50(55-51(54-49)40-15-5-2-6-16-40)42-18-12-20-44(34-42)52(47-23-9-7-21-45(47)46-22-8-10-24-48(46)52)43-19-11-17-41(33-43)37-27-25-36(26-28-37)38-29-31-53-32-30-38/h1-35H. The minimum absolute atomic E-state index is 0.576. The van der Waals surface area contributed by atoms with Crippen molar-refractivity contribution < 1.29 is 0 Å². The summed E-state index contributed by atoms with van der Waals surface area (Å²) in [7, 11) is 0. The number of fused-ring (bicyclic) bond motifs is 3. The molecule has 258 valence electrons. The third-order valence-electron chi connectivity index (χ3n) is 10.9. The van der Waals surface area contributed by atoms with Crippen LogP contribution in [0, 0.1) is 0 Å². The van der Waals surface area contributed by atoms with Crippen LogP contribution in [-0.2, 0) is 5.41 Å². The molecule has 0 bridgehead atoms. The zero-order valence-corrected chi connectivity index (χ0v) is 30.0. The smallest absolute Gasteiger partial charge is 0.160 e. The van der Waals surface area contributed by atoms with Crippen LogP contribution in [-0.4, -0.2) is 15.0 Å². The van der Waals surface area contributed by atoms with E-state index in [1.807, 2.05) is 36.7 Å². The number of pyridine rings is 1. The van der Waals surface area contributed by atoms with Gasteiger partial charge >= 0.3 is 0 Å². The molecule has 55 heavy (non-hydrogen) atoms. The second-order valence-electron chi connectivity index (χ2n) is 14.0. The van der Waals surface area contributed by atoms with Crippen LogP contribution in [0.1, 0.15) is 22.3 Å². The Morgan fingerprint density at radius 2 is 0.764 bits per heavy atom. The molecule has 0 spiro atoms. The van der Waals surface area contributed by atoms with Gasteiger partial charge in [-0.25, -0.2) is 9.97 Å². The topological polar surface area (TPSA) is 38.7 Å². The van der Waals surface area contributed by atoms with E-state index in [4.69, 9.17) is 9.97 Å². The van der Waals surface area contributed by atoms with Gasteiger partial charge in [-0.15, -0.1) is 0 Å². The Labute approximate surface area is 321 Å². The summed E-state index contributed by atoms with van der Waals surface area (Å²) in [6, 6.07) is 71.6. The second kappa shape index (κ2) is 13.6. The number of hydrogen-bond donors (Lipinski definition) is 0. The van der Waals surface area contributed by atoms with Crippen molar-refractivity contribution in [2.24, 2.45) is 0 Å². The minimum Gasteiger partial charge on any atom is -0.265 e. The predicted octanol–water partition coefficient (Wildman–Crippen LogP) is 12.6. The molecule has 2 heterocycles. The maximum absolute atomic E-state index is 5.22. The Hall–Kier alpha value is -7.23. The van der Waals surface area contributed by atoms with E-state index < -0.39 is 5.41 Å². The largest absolute Gasteiger partial charge is 0.265 e. The molecule has 0 fully saturated rings. The summed E-state index contributed by atoms with van der Waals surface area (Å²) < 4.78 is 0. The highest BCUT2D eigenvalue weighted by Gasteiger charge is 2.46. The zero-order chi connectivity index (χ0) is 36.6. The van der Waals surface area contributed by atoms with Gasteiger partial charge in [0.25, 0.3) is 0 Å². The third kappa shape index (κ3) is 5.65. The average Bonchev–Trinajstić information content (AvgIpc) is 3.58. The van der Waals surface area contributed by atoms with Crippen molar-refractivity contribution in [1.82, 2.24) is 15.0 Å². The van der Waals surface area contributed by atoms with Crippen molar-refractivity contribution in [2.75, 3.05) is 0 Å². The highest BCUT2D eigenvalue weighted by Crippen LogP contribution is 2.56. The Bertz CT molecular complexity index is 2690. The number of nitrogens with zero attached hydrogens (tertiary/aromatic N) is 3. The molecule has 1 aliphatic rings. The van der Waals surface area contributed by atoms with Crippen molar-refractivity contribution in [3.05, 3.63) is 235 Å². The zero-order valence-electron chi connectivity index (χ0n) is 30.0. The van der Waals surface area contributed by atoms with Gasteiger partial charge in [-0.3, -0.25) is 4.98 Å². The third-order valence-corrected chi connectivity index (χ3v) is 10.9. The number of hydrogen-bond acceptors (Lipinski definition) is 3. The van der Waals surface area contributed by atoms with Crippen molar-refractivity contribution >= 4 is 0 Å². The van der Waals surface area contributed by atoms with Gasteiger partial charge in [0.2, 0.25) is 0 Å². The summed E-state index contributed by atoms with van der Waals surface area (Å²) in [5.41, 5.74) is 16.4. The molecule has 0 unspecified atom stereocenters. The van der Waals surface area contributed by atoms with Gasteiger partial charge in [-0.1, -0.05) is 170 Å². The van der Waals surface area contributed by atoms with Crippen LogP contribution in [0.2, 0.25) is 0 Å². The fourth-order valence-electron chi connectivity index (χ4n) is 8.34. The molecule has 3 nitrogen and oxygen atoms in total. The number of aromatic nitrogens is 3. The summed E-state index contributed by atoms with van der Waals surface area (Å²) in [6.45, 7) is 0. The van der Waals surface area contributed by atoms with Crippen molar-refractivity contribution in [1.29, 1.82) is 0 Å². The Kier molecular flexibility index (Phi) is 8.04. The van der Waals surface area contributed by atoms with Gasteiger partial charge in [-0.05, 0) is 86.0 Å². The Morgan fingerprint density at radius 3 is 1.38 bits per heavy atom. The van der Waals surface area contributed by atoms with Gasteiger partial charge in [0, 0.05) is 29.1 Å².